The van der Waals surface area contributed by atoms with Crippen molar-refractivity contribution in [1.29, 1.82) is 0 Å². The largest absolute Gasteiger partial charge is 0.465 e. The van der Waals surface area contributed by atoms with Crippen LogP contribution in [0.2, 0.25) is 0 Å². The predicted molar refractivity (Wildman–Crippen MR) is 45.7 cm³/mol. The Morgan fingerprint density at radius 3 is 2.92 bits per heavy atom. The summed E-state index contributed by atoms with van der Waals surface area (Å²) in [6.45, 7) is 0. The molecule has 0 aliphatic heterocycles. The second kappa shape index (κ2) is 4.01. The van der Waals surface area contributed by atoms with Crippen molar-refractivity contribution in [3.05, 3.63) is 0 Å². The summed E-state index contributed by atoms with van der Waals surface area (Å²) in [7, 11) is 0. The Hall–Kier alpha value is -1.17. The molecule has 0 aromatic rings. The van der Waals surface area contributed by atoms with Crippen LogP contribution in [0.15, 0.2) is 0 Å². The first-order chi connectivity index (χ1) is 5.72. The van der Waals surface area contributed by atoms with Crippen LogP contribution in [0.5, 0.6) is 0 Å². The lowest BCUT2D eigenvalue weighted by molar-refractivity contribution is 0.184. The summed E-state index contributed by atoms with van der Waals surface area (Å²) in [5, 5.41) is 10.9. The monoisotopic (exact) mass is 167 g/mol. The first-order valence-electron chi connectivity index (χ1n) is 4.18. The average molecular weight is 167 g/mol. The van der Waals surface area contributed by atoms with Crippen LogP contribution in [0.3, 0.4) is 0 Å². The van der Waals surface area contributed by atoms with Crippen molar-refractivity contribution in [2.75, 3.05) is 0 Å². The molecule has 0 spiro atoms. The summed E-state index contributed by atoms with van der Waals surface area (Å²) in [4.78, 5) is 10.3. The number of rotatable bonds is 1. The summed E-state index contributed by atoms with van der Waals surface area (Å²) in [6.07, 6.45) is 8.10. The molecular weight excluding hydrogens is 154 g/mol. The molecule has 0 aromatic heterocycles. The Labute approximate surface area is 72.2 Å². The van der Waals surface area contributed by atoms with Crippen LogP contribution in [-0.4, -0.2) is 17.2 Å². The molecule has 1 aliphatic carbocycles. The molecule has 1 amide bonds. The minimum absolute atomic E-state index is 0.0669. The molecule has 0 heterocycles. The maximum atomic E-state index is 10.3. The number of carbonyl (C=O) groups is 1. The molecule has 0 radical (unpaired) electrons. The van der Waals surface area contributed by atoms with Crippen LogP contribution < -0.4 is 5.32 Å². The van der Waals surface area contributed by atoms with E-state index in [0.717, 1.165) is 25.7 Å². The number of nitrogens with one attached hydrogen (secondary N) is 1. The lowest BCUT2D eigenvalue weighted by atomic mass is 9.86. The van der Waals surface area contributed by atoms with E-state index in [2.05, 4.69) is 11.2 Å². The highest BCUT2D eigenvalue weighted by Gasteiger charge is 2.21. The van der Waals surface area contributed by atoms with Gasteiger partial charge in [-0.25, -0.2) is 4.79 Å². The van der Waals surface area contributed by atoms with Gasteiger partial charge in [0.2, 0.25) is 0 Å². The van der Waals surface area contributed by atoms with Gasteiger partial charge in [-0.05, 0) is 19.3 Å². The van der Waals surface area contributed by atoms with Crippen molar-refractivity contribution in [1.82, 2.24) is 5.32 Å². The smallest absolute Gasteiger partial charge is 0.404 e. The van der Waals surface area contributed by atoms with E-state index in [4.69, 9.17) is 11.5 Å². The standard InChI is InChI=1S/C9H13NO2/c1-2-7-4-3-5-8(6-7)10-9(11)12/h1,7-8,10H,3-6H2,(H,11,12). The zero-order valence-corrected chi connectivity index (χ0v) is 6.92. The van der Waals surface area contributed by atoms with Gasteiger partial charge in [0.05, 0.1) is 0 Å². The van der Waals surface area contributed by atoms with Crippen LogP contribution in [0.4, 0.5) is 4.79 Å². The minimum atomic E-state index is -0.947. The highest BCUT2D eigenvalue weighted by Crippen LogP contribution is 2.23. The lowest BCUT2D eigenvalue weighted by Gasteiger charge is -2.25. The summed E-state index contributed by atoms with van der Waals surface area (Å²) in [6, 6.07) is 0.0669. The van der Waals surface area contributed by atoms with Crippen LogP contribution in [-0.2, 0) is 0 Å². The Morgan fingerprint density at radius 2 is 2.33 bits per heavy atom. The van der Waals surface area contributed by atoms with Crippen molar-refractivity contribution < 1.29 is 9.90 Å². The van der Waals surface area contributed by atoms with Crippen LogP contribution in [0.25, 0.3) is 0 Å². The molecule has 1 fully saturated rings. The van der Waals surface area contributed by atoms with Gasteiger partial charge in [0.1, 0.15) is 0 Å². The van der Waals surface area contributed by atoms with Crippen molar-refractivity contribution in [3.8, 4) is 12.3 Å². The maximum Gasteiger partial charge on any atom is 0.404 e. The fourth-order valence-corrected chi connectivity index (χ4v) is 1.65. The van der Waals surface area contributed by atoms with E-state index in [1.807, 2.05) is 0 Å². The van der Waals surface area contributed by atoms with Gasteiger partial charge in [0.15, 0.2) is 0 Å². The first-order valence-corrected chi connectivity index (χ1v) is 4.18. The van der Waals surface area contributed by atoms with Crippen LogP contribution in [0, 0.1) is 18.3 Å². The number of hydrogen-bond acceptors (Lipinski definition) is 1. The van der Waals surface area contributed by atoms with Crippen molar-refractivity contribution in [2.45, 2.75) is 31.7 Å². The van der Waals surface area contributed by atoms with Gasteiger partial charge in [-0.1, -0.05) is 6.42 Å². The summed E-state index contributed by atoms with van der Waals surface area (Å²) in [5.41, 5.74) is 0. The third kappa shape index (κ3) is 2.46. The molecule has 3 nitrogen and oxygen atoms in total. The third-order valence-electron chi connectivity index (χ3n) is 2.24. The molecule has 0 bridgehead atoms. The van der Waals surface area contributed by atoms with Gasteiger partial charge in [-0.2, -0.15) is 0 Å². The molecule has 1 saturated carbocycles. The molecule has 12 heavy (non-hydrogen) atoms. The van der Waals surface area contributed by atoms with E-state index in [0.29, 0.717) is 0 Å². The molecule has 2 unspecified atom stereocenters. The Morgan fingerprint density at radius 1 is 1.58 bits per heavy atom. The molecule has 2 N–H and O–H groups in total. The van der Waals surface area contributed by atoms with Crippen molar-refractivity contribution in [2.24, 2.45) is 5.92 Å². The Bertz CT molecular complexity index is 207. The summed E-state index contributed by atoms with van der Waals surface area (Å²) in [5.74, 6) is 2.93. The molecule has 66 valence electrons. The van der Waals surface area contributed by atoms with Gasteiger partial charge in [-0.15, -0.1) is 12.3 Å². The molecule has 1 aliphatic rings. The Kier molecular flexibility index (Phi) is 2.98. The summed E-state index contributed by atoms with van der Waals surface area (Å²) < 4.78 is 0. The normalized spacial score (nSPS) is 28.9. The molecule has 3 heteroatoms. The van der Waals surface area contributed by atoms with Gasteiger partial charge >= 0.3 is 6.09 Å². The van der Waals surface area contributed by atoms with E-state index in [1.165, 1.54) is 0 Å². The molecular formula is C9H13NO2. The topological polar surface area (TPSA) is 49.3 Å². The van der Waals surface area contributed by atoms with E-state index in [-0.39, 0.29) is 12.0 Å². The second-order valence-corrected chi connectivity index (χ2v) is 3.18. The molecule has 0 saturated heterocycles. The predicted octanol–water partition coefficient (Wildman–Crippen LogP) is 1.45. The number of terminal acetylenes is 1. The zero-order valence-electron chi connectivity index (χ0n) is 6.92. The Balaban J connectivity index is 2.36. The second-order valence-electron chi connectivity index (χ2n) is 3.18. The van der Waals surface area contributed by atoms with E-state index in [9.17, 15) is 4.79 Å². The van der Waals surface area contributed by atoms with Crippen LogP contribution in [0.1, 0.15) is 25.7 Å². The van der Waals surface area contributed by atoms with E-state index >= 15 is 0 Å². The highest BCUT2D eigenvalue weighted by molar-refractivity contribution is 5.64. The maximum absolute atomic E-state index is 10.3. The van der Waals surface area contributed by atoms with Gasteiger partial charge in [0, 0.05) is 12.0 Å². The molecule has 0 aromatic carbocycles. The van der Waals surface area contributed by atoms with Crippen molar-refractivity contribution in [3.63, 3.8) is 0 Å². The number of amides is 1. The van der Waals surface area contributed by atoms with Crippen LogP contribution >= 0.6 is 0 Å². The lowest BCUT2D eigenvalue weighted by Crippen LogP contribution is -2.37. The average Bonchev–Trinajstić information content (AvgIpc) is 2.03. The fourth-order valence-electron chi connectivity index (χ4n) is 1.65. The van der Waals surface area contributed by atoms with Gasteiger partial charge in [-0.3, -0.25) is 0 Å². The zero-order chi connectivity index (χ0) is 8.97. The number of carboxylic acid groups (broad SMARTS) is 1. The quantitative estimate of drug-likeness (QED) is 0.581. The molecule has 1 rings (SSSR count). The minimum Gasteiger partial charge on any atom is -0.465 e. The van der Waals surface area contributed by atoms with Crippen molar-refractivity contribution >= 4 is 6.09 Å². The first kappa shape index (κ1) is 8.92. The highest BCUT2D eigenvalue weighted by atomic mass is 16.4. The fraction of sp³-hybridized carbons (Fsp3) is 0.667. The number of hydrogen-bond donors (Lipinski definition) is 2. The third-order valence-corrected chi connectivity index (χ3v) is 2.24. The SMILES string of the molecule is C#CC1CCCC(NC(=O)O)C1. The van der Waals surface area contributed by atoms with Gasteiger partial charge in [0.25, 0.3) is 0 Å². The van der Waals surface area contributed by atoms with E-state index < -0.39 is 6.09 Å². The van der Waals surface area contributed by atoms with E-state index in [1.54, 1.807) is 0 Å². The van der Waals surface area contributed by atoms with Gasteiger partial charge < -0.3 is 10.4 Å². The molecule has 2 atom stereocenters. The summed E-state index contributed by atoms with van der Waals surface area (Å²) >= 11 is 0.